The number of halogens is 1. The lowest BCUT2D eigenvalue weighted by molar-refractivity contribution is 0.0916. The van der Waals surface area contributed by atoms with Crippen molar-refractivity contribution in [2.45, 2.75) is 51.7 Å². The van der Waals surface area contributed by atoms with Gasteiger partial charge in [0.15, 0.2) is 5.82 Å². The van der Waals surface area contributed by atoms with Gasteiger partial charge in [0.05, 0.1) is 19.2 Å². The molecule has 0 saturated heterocycles. The van der Waals surface area contributed by atoms with Gasteiger partial charge in [0.2, 0.25) is 0 Å². The van der Waals surface area contributed by atoms with Crippen molar-refractivity contribution >= 4 is 17.5 Å². The Labute approximate surface area is 192 Å². The molecule has 32 heavy (non-hydrogen) atoms. The zero-order valence-electron chi connectivity index (χ0n) is 18.7. The molecule has 0 atom stereocenters. The monoisotopic (exact) mass is 454 g/mol. The van der Waals surface area contributed by atoms with E-state index in [2.05, 4.69) is 10.4 Å². The maximum atomic E-state index is 13.1. The maximum absolute atomic E-state index is 13.1. The van der Waals surface area contributed by atoms with Crippen LogP contribution in [0.5, 0.6) is 5.75 Å². The number of nitrogens with one attached hydrogen (secondary N) is 1. The first-order valence-electron chi connectivity index (χ1n) is 10.6. The molecule has 0 radical (unpaired) electrons. The molecule has 0 unspecified atom stereocenters. The summed E-state index contributed by atoms with van der Waals surface area (Å²) in [7, 11) is 1.53. The highest BCUT2D eigenvalue weighted by molar-refractivity contribution is 6.30. The molecule has 1 amide bonds. The molecular weight excluding hydrogens is 428 g/mol. The van der Waals surface area contributed by atoms with Gasteiger partial charge in [0, 0.05) is 22.2 Å². The molecule has 1 aliphatic rings. The molecule has 4 rings (SSSR count). The van der Waals surface area contributed by atoms with Crippen molar-refractivity contribution in [2.75, 3.05) is 7.11 Å². The first-order chi connectivity index (χ1) is 15.2. The fourth-order valence-electron chi connectivity index (χ4n) is 3.58. The first-order valence-corrected chi connectivity index (χ1v) is 11.0. The smallest absolute Gasteiger partial charge is 0.346 e. The predicted molar refractivity (Wildman–Crippen MR) is 125 cm³/mol. The number of methoxy groups -OCH3 is 1. The van der Waals surface area contributed by atoms with E-state index >= 15 is 0 Å². The lowest BCUT2D eigenvalue weighted by Crippen LogP contribution is -2.40. The van der Waals surface area contributed by atoms with Gasteiger partial charge in [-0.2, -0.15) is 0 Å². The molecule has 0 spiro atoms. The molecule has 2 aromatic carbocycles. The van der Waals surface area contributed by atoms with Crippen LogP contribution in [-0.2, 0) is 6.54 Å². The van der Waals surface area contributed by atoms with Crippen LogP contribution < -0.4 is 15.7 Å². The van der Waals surface area contributed by atoms with Gasteiger partial charge in [-0.3, -0.25) is 9.36 Å². The minimum absolute atomic E-state index is 0.147. The van der Waals surface area contributed by atoms with Gasteiger partial charge in [-0.15, -0.1) is 5.10 Å². The van der Waals surface area contributed by atoms with Crippen molar-refractivity contribution in [3.8, 4) is 17.1 Å². The molecular formula is C24H27ClN4O3. The number of rotatable bonds is 6. The number of benzene rings is 2. The van der Waals surface area contributed by atoms with Crippen LogP contribution >= 0.6 is 11.6 Å². The highest BCUT2D eigenvalue weighted by atomic mass is 35.5. The third kappa shape index (κ3) is 4.72. The van der Waals surface area contributed by atoms with E-state index < -0.39 is 0 Å². The topological polar surface area (TPSA) is 78.2 Å². The van der Waals surface area contributed by atoms with Crippen LogP contribution in [0.15, 0.2) is 47.3 Å². The van der Waals surface area contributed by atoms with Gasteiger partial charge in [-0.05, 0) is 75.6 Å². The Morgan fingerprint density at radius 2 is 1.88 bits per heavy atom. The SMILES string of the molecule is COc1cc(Cn2nc(-c3ccc(Cl)cc3)n(C3CC3)c2=O)ccc1C(=O)NC(C)(C)C. The Morgan fingerprint density at radius 1 is 1.19 bits per heavy atom. The number of carbonyl (C=O) groups excluding carboxylic acids is 1. The van der Waals surface area contributed by atoms with Crippen LogP contribution in [0.3, 0.4) is 0 Å². The second-order valence-corrected chi connectivity index (χ2v) is 9.55. The lowest BCUT2D eigenvalue weighted by Gasteiger charge is -2.21. The van der Waals surface area contributed by atoms with E-state index in [0.29, 0.717) is 22.2 Å². The average molecular weight is 455 g/mol. The van der Waals surface area contributed by atoms with Crippen LogP contribution in [0.2, 0.25) is 5.02 Å². The van der Waals surface area contributed by atoms with Crippen LogP contribution in [0.1, 0.15) is 55.6 Å². The zero-order valence-corrected chi connectivity index (χ0v) is 19.4. The van der Waals surface area contributed by atoms with E-state index in [9.17, 15) is 9.59 Å². The summed E-state index contributed by atoms with van der Waals surface area (Å²) >= 11 is 6.02. The van der Waals surface area contributed by atoms with E-state index in [0.717, 1.165) is 24.0 Å². The van der Waals surface area contributed by atoms with Gasteiger partial charge >= 0.3 is 5.69 Å². The summed E-state index contributed by atoms with van der Waals surface area (Å²) in [6.07, 6.45) is 1.94. The number of hydrogen-bond acceptors (Lipinski definition) is 4. The Kier molecular flexibility index (Phi) is 5.86. The summed E-state index contributed by atoms with van der Waals surface area (Å²) in [5, 5.41) is 8.21. The molecule has 1 N–H and O–H groups in total. The summed E-state index contributed by atoms with van der Waals surface area (Å²) in [4.78, 5) is 25.7. The maximum Gasteiger partial charge on any atom is 0.346 e. The molecule has 7 nitrogen and oxygen atoms in total. The van der Waals surface area contributed by atoms with Gasteiger partial charge in [-0.1, -0.05) is 17.7 Å². The van der Waals surface area contributed by atoms with Gasteiger partial charge < -0.3 is 10.1 Å². The Bertz CT molecular complexity index is 1200. The summed E-state index contributed by atoms with van der Waals surface area (Å²) in [5.41, 5.74) is 1.61. The van der Waals surface area contributed by atoms with Crippen molar-refractivity contribution in [1.29, 1.82) is 0 Å². The highest BCUT2D eigenvalue weighted by Crippen LogP contribution is 2.36. The largest absolute Gasteiger partial charge is 0.496 e. The van der Waals surface area contributed by atoms with Gasteiger partial charge in [0.1, 0.15) is 5.75 Å². The summed E-state index contributed by atoms with van der Waals surface area (Å²) in [5.74, 6) is 0.889. The van der Waals surface area contributed by atoms with Crippen molar-refractivity contribution < 1.29 is 9.53 Å². The quantitative estimate of drug-likeness (QED) is 0.602. The summed E-state index contributed by atoms with van der Waals surface area (Å²) in [6.45, 7) is 6.04. The minimum Gasteiger partial charge on any atom is -0.496 e. The second kappa shape index (κ2) is 8.47. The first kappa shape index (κ1) is 22.1. The van der Waals surface area contributed by atoms with Crippen LogP contribution in [0.25, 0.3) is 11.4 Å². The zero-order chi connectivity index (χ0) is 23.0. The normalized spacial score (nSPS) is 13.8. The van der Waals surface area contributed by atoms with Crippen LogP contribution in [0, 0.1) is 0 Å². The standard InChI is InChI=1S/C24H27ClN4O3/c1-24(2,3)26-22(30)19-12-5-15(13-20(19)32-4)14-28-23(31)29(18-10-11-18)21(27-28)16-6-8-17(25)9-7-16/h5-9,12-13,18H,10-11,14H2,1-4H3,(H,26,30). The predicted octanol–water partition coefficient (Wildman–Crippen LogP) is 4.29. The highest BCUT2D eigenvalue weighted by Gasteiger charge is 2.30. The molecule has 3 aromatic rings. The molecule has 8 heteroatoms. The molecule has 1 saturated carbocycles. The molecule has 1 aliphatic carbocycles. The van der Waals surface area contributed by atoms with E-state index in [1.54, 1.807) is 28.8 Å². The molecule has 1 fully saturated rings. The van der Waals surface area contributed by atoms with Gasteiger partial charge in [0.25, 0.3) is 5.91 Å². The number of carbonyl (C=O) groups is 1. The molecule has 168 valence electrons. The fourth-order valence-corrected chi connectivity index (χ4v) is 3.71. The molecule has 1 aromatic heterocycles. The van der Waals surface area contributed by atoms with Crippen molar-refractivity contribution in [3.05, 3.63) is 69.1 Å². The van der Waals surface area contributed by atoms with Crippen molar-refractivity contribution in [3.63, 3.8) is 0 Å². The van der Waals surface area contributed by atoms with Gasteiger partial charge in [-0.25, -0.2) is 9.48 Å². The Hall–Kier alpha value is -3.06. The summed E-state index contributed by atoms with van der Waals surface area (Å²) in [6, 6.07) is 12.8. The Morgan fingerprint density at radius 3 is 2.47 bits per heavy atom. The average Bonchev–Trinajstić information content (AvgIpc) is 3.51. The van der Waals surface area contributed by atoms with Crippen LogP contribution in [0.4, 0.5) is 0 Å². The van der Waals surface area contributed by atoms with E-state index in [-0.39, 0.29) is 29.7 Å². The minimum atomic E-state index is -0.359. The van der Waals surface area contributed by atoms with Crippen LogP contribution in [-0.4, -0.2) is 32.9 Å². The lowest BCUT2D eigenvalue weighted by atomic mass is 10.1. The Balaban J connectivity index is 1.66. The number of ether oxygens (including phenoxy) is 1. The third-order valence-electron chi connectivity index (χ3n) is 5.22. The number of hydrogen-bond donors (Lipinski definition) is 1. The number of amides is 1. The molecule has 0 aliphatic heterocycles. The number of aromatic nitrogens is 3. The fraction of sp³-hybridized carbons (Fsp3) is 0.375. The third-order valence-corrected chi connectivity index (χ3v) is 5.47. The molecule has 0 bridgehead atoms. The van der Waals surface area contributed by atoms with E-state index in [4.69, 9.17) is 16.3 Å². The van der Waals surface area contributed by atoms with E-state index in [1.807, 2.05) is 39.0 Å². The van der Waals surface area contributed by atoms with Crippen molar-refractivity contribution in [2.24, 2.45) is 0 Å². The number of nitrogens with zero attached hydrogens (tertiary/aromatic N) is 3. The molecule has 1 heterocycles. The summed E-state index contributed by atoms with van der Waals surface area (Å²) < 4.78 is 8.69. The second-order valence-electron chi connectivity index (χ2n) is 9.11. The van der Waals surface area contributed by atoms with Crippen molar-refractivity contribution in [1.82, 2.24) is 19.7 Å². The van der Waals surface area contributed by atoms with E-state index in [1.165, 1.54) is 11.8 Å².